The molecule has 0 spiro atoms. The number of hydrogen-bond donors (Lipinski definition) is 2. The lowest BCUT2D eigenvalue weighted by Crippen LogP contribution is -2.35. The van der Waals surface area contributed by atoms with Crippen molar-refractivity contribution in [1.29, 1.82) is 0 Å². The molecule has 7 nitrogen and oxygen atoms in total. The Kier molecular flexibility index (Phi) is 7.42. The van der Waals surface area contributed by atoms with Crippen molar-refractivity contribution in [2.45, 2.75) is 32.3 Å². The molecule has 0 unspecified atom stereocenters. The quantitative estimate of drug-likeness (QED) is 0.478. The van der Waals surface area contributed by atoms with Crippen LogP contribution in [-0.4, -0.2) is 32.4 Å². The highest BCUT2D eigenvalue weighted by Gasteiger charge is 2.16. The van der Waals surface area contributed by atoms with Gasteiger partial charge in [-0.15, -0.1) is 11.3 Å². The molecule has 0 radical (unpaired) electrons. The Bertz CT molecular complexity index is 1170. The largest absolute Gasteiger partial charge is 0.487 e. The maximum Gasteiger partial charge on any atom is 0.251 e. The Hall–Kier alpha value is -2.75. The van der Waals surface area contributed by atoms with E-state index in [0.717, 1.165) is 16.3 Å². The molecule has 0 bridgehead atoms. The number of hydrogen-bond acceptors (Lipinski definition) is 6. The topological polar surface area (TPSA) is 97.4 Å². The summed E-state index contributed by atoms with van der Waals surface area (Å²) >= 11 is 1.56. The minimum Gasteiger partial charge on any atom is -0.487 e. The van der Waals surface area contributed by atoms with Crippen molar-refractivity contribution in [1.82, 2.24) is 15.0 Å². The Balaban J connectivity index is 1.51. The maximum absolute atomic E-state index is 12.5. The molecule has 0 saturated heterocycles. The molecule has 0 fully saturated rings. The number of aromatic nitrogens is 1. The Morgan fingerprint density at radius 1 is 1.10 bits per heavy atom. The second-order valence-electron chi connectivity index (χ2n) is 7.10. The summed E-state index contributed by atoms with van der Waals surface area (Å²) < 4.78 is 33.3. The van der Waals surface area contributed by atoms with Gasteiger partial charge in [0.05, 0.1) is 15.6 Å². The molecule has 1 heterocycles. The van der Waals surface area contributed by atoms with E-state index in [1.165, 1.54) is 0 Å². The lowest BCUT2D eigenvalue weighted by Gasteiger charge is -2.11. The molecule has 0 atom stereocenters. The van der Waals surface area contributed by atoms with E-state index in [1.807, 2.05) is 25.3 Å². The number of nitrogens with zero attached hydrogens (tertiary/aromatic N) is 1. The summed E-state index contributed by atoms with van der Waals surface area (Å²) in [5, 5.41) is 5.63. The van der Waals surface area contributed by atoms with E-state index in [9.17, 15) is 13.2 Å². The first-order valence-electron chi connectivity index (χ1n) is 9.73. The van der Waals surface area contributed by atoms with Crippen molar-refractivity contribution in [2.75, 3.05) is 13.1 Å². The SMILES string of the molecule is Cc1ccc(C)c(S(=O)(=O)NCCNC(=O)c2cccc(OCc3csc(C)n3)c2)c1. The fraction of sp³-hybridized carbons (Fsp3) is 0.273. The van der Waals surface area contributed by atoms with Gasteiger partial charge in [0.2, 0.25) is 10.0 Å². The molecule has 2 N–H and O–H groups in total. The molecule has 1 aromatic heterocycles. The predicted molar refractivity (Wildman–Crippen MR) is 121 cm³/mol. The summed E-state index contributed by atoms with van der Waals surface area (Å²) in [5.41, 5.74) is 2.82. The zero-order valence-electron chi connectivity index (χ0n) is 17.6. The molecule has 2 aromatic carbocycles. The smallest absolute Gasteiger partial charge is 0.251 e. The zero-order chi connectivity index (χ0) is 22.4. The number of thiazole rings is 1. The molecule has 0 saturated carbocycles. The van der Waals surface area contributed by atoms with Crippen molar-refractivity contribution < 1.29 is 17.9 Å². The highest BCUT2D eigenvalue weighted by molar-refractivity contribution is 7.89. The summed E-state index contributed by atoms with van der Waals surface area (Å²) in [4.78, 5) is 17.0. The number of rotatable bonds is 9. The van der Waals surface area contributed by atoms with Gasteiger partial charge >= 0.3 is 0 Å². The minimum absolute atomic E-state index is 0.0841. The molecule has 3 aromatic rings. The van der Waals surface area contributed by atoms with E-state index in [0.29, 0.717) is 23.5 Å². The standard InChI is InChI=1S/C22H25N3O4S2/c1-15-7-8-16(2)21(11-15)31(27,28)24-10-9-23-22(26)18-5-4-6-20(12-18)29-13-19-14-30-17(3)25-19/h4-8,11-12,14,24H,9-10,13H2,1-3H3,(H,23,26). The highest BCUT2D eigenvalue weighted by Crippen LogP contribution is 2.17. The van der Waals surface area contributed by atoms with Crippen LogP contribution in [0.1, 0.15) is 32.2 Å². The first-order chi connectivity index (χ1) is 14.7. The van der Waals surface area contributed by atoms with E-state index in [-0.39, 0.29) is 23.9 Å². The molecular weight excluding hydrogens is 434 g/mol. The van der Waals surface area contributed by atoms with Gasteiger partial charge in [0, 0.05) is 24.0 Å². The summed E-state index contributed by atoms with van der Waals surface area (Å²) in [6.45, 7) is 6.10. The van der Waals surface area contributed by atoms with Gasteiger partial charge in [0.1, 0.15) is 12.4 Å². The van der Waals surface area contributed by atoms with Crippen molar-refractivity contribution >= 4 is 27.3 Å². The van der Waals surface area contributed by atoms with Crippen molar-refractivity contribution in [2.24, 2.45) is 0 Å². The van der Waals surface area contributed by atoms with Crippen LogP contribution in [0.5, 0.6) is 5.75 Å². The summed E-state index contributed by atoms with van der Waals surface area (Å²) in [6.07, 6.45) is 0. The molecule has 9 heteroatoms. The number of carbonyl (C=O) groups is 1. The predicted octanol–water partition coefficient (Wildman–Crippen LogP) is 3.36. The third kappa shape index (κ3) is 6.36. The second-order valence-corrected chi connectivity index (χ2v) is 9.89. The molecular formula is C22H25N3O4S2. The first-order valence-corrected chi connectivity index (χ1v) is 12.1. The molecule has 31 heavy (non-hydrogen) atoms. The summed E-state index contributed by atoms with van der Waals surface area (Å²) in [5.74, 6) is 0.259. The lowest BCUT2D eigenvalue weighted by atomic mass is 10.2. The number of ether oxygens (including phenoxy) is 1. The van der Waals surface area contributed by atoms with Crippen LogP contribution >= 0.6 is 11.3 Å². The number of nitrogens with one attached hydrogen (secondary N) is 2. The molecule has 164 valence electrons. The van der Waals surface area contributed by atoms with Crippen LogP contribution in [0, 0.1) is 20.8 Å². The van der Waals surface area contributed by atoms with Crippen molar-refractivity contribution in [3.05, 3.63) is 75.2 Å². The number of carbonyl (C=O) groups excluding carboxylic acids is 1. The van der Waals surface area contributed by atoms with Crippen LogP contribution in [0.25, 0.3) is 0 Å². The van der Waals surface area contributed by atoms with Gasteiger partial charge in [-0.05, 0) is 56.2 Å². The van der Waals surface area contributed by atoms with E-state index < -0.39 is 10.0 Å². The normalized spacial score (nSPS) is 11.3. The highest BCUT2D eigenvalue weighted by atomic mass is 32.2. The molecule has 3 rings (SSSR count). The molecule has 1 amide bonds. The fourth-order valence-electron chi connectivity index (χ4n) is 2.90. The van der Waals surface area contributed by atoms with Gasteiger partial charge in [-0.2, -0.15) is 0 Å². The van der Waals surface area contributed by atoms with Crippen LogP contribution in [0.3, 0.4) is 0 Å². The summed E-state index contributed by atoms with van der Waals surface area (Å²) in [6, 6.07) is 12.1. The number of sulfonamides is 1. The van der Waals surface area contributed by atoms with Gasteiger partial charge in [0.15, 0.2) is 0 Å². The molecule has 0 aliphatic carbocycles. The van der Waals surface area contributed by atoms with Gasteiger partial charge in [-0.3, -0.25) is 4.79 Å². The first kappa shape index (κ1) is 22.9. The Morgan fingerprint density at radius 3 is 2.65 bits per heavy atom. The van der Waals surface area contributed by atoms with Crippen LogP contribution in [0.4, 0.5) is 0 Å². The van der Waals surface area contributed by atoms with Crippen LogP contribution < -0.4 is 14.8 Å². The minimum atomic E-state index is -3.64. The average Bonchev–Trinajstić information content (AvgIpc) is 3.16. The molecule has 0 aliphatic rings. The molecule has 0 aliphatic heterocycles. The zero-order valence-corrected chi connectivity index (χ0v) is 19.3. The lowest BCUT2D eigenvalue weighted by molar-refractivity contribution is 0.0954. The van der Waals surface area contributed by atoms with E-state index >= 15 is 0 Å². The van der Waals surface area contributed by atoms with Crippen molar-refractivity contribution in [3.63, 3.8) is 0 Å². The third-order valence-electron chi connectivity index (χ3n) is 4.49. The Morgan fingerprint density at radius 2 is 1.90 bits per heavy atom. The maximum atomic E-state index is 12.5. The van der Waals surface area contributed by atoms with E-state index in [4.69, 9.17) is 4.74 Å². The summed E-state index contributed by atoms with van der Waals surface area (Å²) in [7, 11) is -3.64. The van der Waals surface area contributed by atoms with Gasteiger partial charge in [0.25, 0.3) is 5.91 Å². The average molecular weight is 460 g/mol. The number of amides is 1. The number of aryl methyl sites for hydroxylation is 3. The van der Waals surface area contributed by atoms with Crippen LogP contribution in [-0.2, 0) is 16.6 Å². The van der Waals surface area contributed by atoms with Crippen molar-refractivity contribution in [3.8, 4) is 5.75 Å². The van der Waals surface area contributed by atoms with Gasteiger partial charge < -0.3 is 10.1 Å². The second kappa shape index (κ2) is 10.0. The fourth-order valence-corrected chi connectivity index (χ4v) is 4.85. The monoisotopic (exact) mass is 459 g/mol. The van der Waals surface area contributed by atoms with Crippen LogP contribution in [0.2, 0.25) is 0 Å². The Labute approximate surface area is 186 Å². The number of benzene rings is 2. The van der Waals surface area contributed by atoms with E-state index in [2.05, 4.69) is 15.0 Å². The van der Waals surface area contributed by atoms with Gasteiger partial charge in [-0.25, -0.2) is 18.1 Å². The van der Waals surface area contributed by atoms with E-state index in [1.54, 1.807) is 54.7 Å². The third-order valence-corrected chi connectivity index (χ3v) is 6.91. The van der Waals surface area contributed by atoms with Gasteiger partial charge in [-0.1, -0.05) is 18.2 Å². The van der Waals surface area contributed by atoms with Crippen LogP contribution in [0.15, 0.2) is 52.7 Å².